The lowest BCUT2D eigenvalue weighted by Crippen LogP contribution is -2.17. The topological polar surface area (TPSA) is 67.5 Å². The molecule has 0 saturated heterocycles. The number of halogens is 1. The molecule has 0 unspecified atom stereocenters. The van der Waals surface area contributed by atoms with Crippen molar-refractivity contribution in [2.24, 2.45) is 5.10 Å². The number of aromatic nitrogens is 1. The number of hydrazone groups is 1. The van der Waals surface area contributed by atoms with Crippen molar-refractivity contribution in [3.05, 3.63) is 76.7 Å². The van der Waals surface area contributed by atoms with E-state index in [0.717, 1.165) is 15.8 Å². The molecule has 3 aromatic rings. The van der Waals surface area contributed by atoms with Crippen LogP contribution in [0.3, 0.4) is 0 Å². The van der Waals surface area contributed by atoms with Crippen LogP contribution >= 0.6 is 15.9 Å². The summed E-state index contributed by atoms with van der Waals surface area (Å²) in [6, 6.07) is 14.7. The van der Waals surface area contributed by atoms with Gasteiger partial charge in [-0.15, -0.1) is 0 Å². The summed E-state index contributed by atoms with van der Waals surface area (Å²) in [6.45, 7) is 0. The molecule has 114 valence electrons. The van der Waals surface area contributed by atoms with Crippen molar-refractivity contribution in [3.63, 3.8) is 0 Å². The maximum atomic E-state index is 11.8. The van der Waals surface area contributed by atoms with E-state index < -0.39 is 0 Å². The Morgan fingerprint density at radius 2 is 2.00 bits per heavy atom. The molecule has 1 N–H and O–H groups in total. The van der Waals surface area contributed by atoms with Crippen molar-refractivity contribution in [1.82, 2.24) is 10.4 Å². The van der Waals surface area contributed by atoms with E-state index in [-0.39, 0.29) is 5.91 Å². The van der Waals surface area contributed by atoms with Crippen molar-refractivity contribution in [2.75, 3.05) is 0 Å². The molecule has 0 bridgehead atoms. The predicted octanol–water partition coefficient (Wildman–Crippen LogP) is 3.87. The van der Waals surface area contributed by atoms with Gasteiger partial charge in [-0.25, -0.2) is 5.43 Å². The molecule has 0 atom stereocenters. The predicted molar refractivity (Wildman–Crippen MR) is 91.1 cm³/mol. The number of benzene rings is 1. The third-order valence-electron chi connectivity index (χ3n) is 3.04. The molecule has 0 aliphatic heterocycles. The number of nitrogens with one attached hydrogen (secondary N) is 1. The molecule has 0 aliphatic carbocycles. The Kier molecular flexibility index (Phi) is 4.63. The Hall–Kier alpha value is -2.73. The molecule has 0 aliphatic rings. The summed E-state index contributed by atoms with van der Waals surface area (Å²) in [5.41, 5.74) is 3.89. The average molecular weight is 370 g/mol. The summed E-state index contributed by atoms with van der Waals surface area (Å²) in [5, 5.41) is 3.89. The second-order valence-electron chi connectivity index (χ2n) is 4.65. The van der Waals surface area contributed by atoms with Crippen molar-refractivity contribution in [2.45, 2.75) is 0 Å². The van der Waals surface area contributed by atoms with Crippen LogP contribution in [-0.2, 0) is 0 Å². The van der Waals surface area contributed by atoms with Gasteiger partial charge < -0.3 is 4.42 Å². The van der Waals surface area contributed by atoms with Gasteiger partial charge in [-0.05, 0) is 36.4 Å². The SMILES string of the molecule is O=C(N/N=C/c1ccc(-c2cccc(Br)c2)o1)c1ccncc1. The van der Waals surface area contributed by atoms with Crippen LogP contribution < -0.4 is 5.43 Å². The minimum Gasteiger partial charge on any atom is -0.455 e. The fourth-order valence-corrected chi connectivity index (χ4v) is 2.34. The molecule has 5 nitrogen and oxygen atoms in total. The van der Waals surface area contributed by atoms with Gasteiger partial charge in [-0.2, -0.15) is 5.10 Å². The third-order valence-corrected chi connectivity index (χ3v) is 3.53. The number of carbonyl (C=O) groups is 1. The molecule has 0 saturated carbocycles. The summed E-state index contributed by atoms with van der Waals surface area (Å²) in [4.78, 5) is 15.7. The second-order valence-corrected chi connectivity index (χ2v) is 5.56. The molecule has 0 fully saturated rings. The number of nitrogens with zero attached hydrogens (tertiary/aromatic N) is 2. The molecular formula is C17H12BrN3O2. The number of rotatable bonds is 4. The van der Waals surface area contributed by atoms with Gasteiger partial charge in [-0.3, -0.25) is 9.78 Å². The Labute approximate surface area is 141 Å². The van der Waals surface area contributed by atoms with Crippen LogP contribution in [0.15, 0.2) is 74.9 Å². The van der Waals surface area contributed by atoms with E-state index in [4.69, 9.17) is 4.42 Å². The van der Waals surface area contributed by atoms with Crippen LogP contribution in [0.25, 0.3) is 11.3 Å². The second kappa shape index (κ2) is 7.02. The summed E-state index contributed by atoms with van der Waals surface area (Å²) in [6.07, 6.45) is 4.56. The number of carbonyl (C=O) groups excluding carboxylic acids is 1. The van der Waals surface area contributed by atoms with Crippen LogP contribution in [0.5, 0.6) is 0 Å². The fraction of sp³-hybridized carbons (Fsp3) is 0. The molecule has 6 heteroatoms. The van der Waals surface area contributed by atoms with E-state index in [9.17, 15) is 4.79 Å². The number of pyridine rings is 1. The van der Waals surface area contributed by atoms with Gasteiger partial charge in [0.2, 0.25) is 0 Å². The Morgan fingerprint density at radius 3 is 2.78 bits per heavy atom. The lowest BCUT2D eigenvalue weighted by atomic mass is 10.2. The van der Waals surface area contributed by atoms with E-state index in [0.29, 0.717) is 11.3 Å². The van der Waals surface area contributed by atoms with Gasteiger partial charge in [0.15, 0.2) is 0 Å². The van der Waals surface area contributed by atoms with Crippen LogP contribution in [0.1, 0.15) is 16.1 Å². The van der Waals surface area contributed by atoms with Gasteiger partial charge in [-0.1, -0.05) is 28.1 Å². The molecule has 2 aromatic heterocycles. The highest BCUT2D eigenvalue weighted by atomic mass is 79.9. The van der Waals surface area contributed by atoms with E-state index >= 15 is 0 Å². The monoisotopic (exact) mass is 369 g/mol. The Morgan fingerprint density at radius 1 is 1.17 bits per heavy atom. The van der Waals surface area contributed by atoms with Crippen molar-refractivity contribution >= 4 is 28.1 Å². The summed E-state index contributed by atoms with van der Waals surface area (Å²) in [5.74, 6) is 0.977. The quantitative estimate of drug-likeness (QED) is 0.560. The zero-order valence-corrected chi connectivity index (χ0v) is 13.5. The highest BCUT2D eigenvalue weighted by Gasteiger charge is 2.05. The van der Waals surface area contributed by atoms with Crippen LogP contribution in [-0.4, -0.2) is 17.1 Å². The first kappa shape index (κ1) is 15.2. The molecule has 2 heterocycles. The molecule has 0 radical (unpaired) electrons. The van der Waals surface area contributed by atoms with Crippen LogP contribution in [0.2, 0.25) is 0 Å². The highest BCUT2D eigenvalue weighted by molar-refractivity contribution is 9.10. The van der Waals surface area contributed by atoms with Gasteiger partial charge in [0.25, 0.3) is 5.91 Å². The van der Waals surface area contributed by atoms with Crippen molar-refractivity contribution in [1.29, 1.82) is 0 Å². The zero-order chi connectivity index (χ0) is 16.1. The molecule has 1 aromatic carbocycles. The number of hydrogen-bond donors (Lipinski definition) is 1. The largest absolute Gasteiger partial charge is 0.455 e. The Balaban J connectivity index is 1.66. The molecule has 1 amide bonds. The first-order valence-electron chi connectivity index (χ1n) is 6.81. The minimum absolute atomic E-state index is 0.303. The lowest BCUT2D eigenvalue weighted by Gasteiger charge is -1.98. The standard InChI is InChI=1S/C17H12BrN3O2/c18-14-3-1-2-13(10-14)16-5-4-15(23-16)11-20-21-17(22)12-6-8-19-9-7-12/h1-11H,(H,21,22)/b20-11+. The third kappa shape index (κ3) is 3.92. The molecule has 3 rings (SSSR count). The van der Waals surface area contributed by atoms with Crippen LogP contribution in [0, 0.1) is 0 Å². The maximum Gasteiger partial charge on any atom is 0.271 e. The molecule has 0 spiro atoms. The fourth-order valence-electron chi connectivity index (χ4n) is 1.94. The van der Waals surface area contributed by atoms with Gasteiger partial charge >= 0.3 is 0 Å². The van der Waals surface area contributed by atoms with Crippen molar-refractivity contribution in [3.8, 4) is 11.3 Å². The van der Waals surface area contributed by atoms with E-state index in [1.165, 1.54) is 6.21 Å². The van der Waals surface area contributed by atoms with Gasteiger partial charge in [0.1, 0.15) is 11.5 Å². The minimum atomic E-state index is -0.303. The molecule has 23 heavy (non-hydrogen) atoms. The van der Waals surface area contributed by atoms with E-state index in [1.54, 1.807) is 30.6 Å². The van der Waals surface area contributed by atoms with Crippen molar-refractivity contribution < 1.29 is 9.21 Å². The summed E-state index contributed by atoms with van der Waals surface area (Å²) >= 11 is 3.43. The van der Waals surface area contributed by atoms with Gasteiger partial charge in [0.05, 0.1) is 6.21 Å². The lowest BCUT2D eigenvalue weighted by molar-refractivity contribution is 0.0955. The smallest absolute Gasteiger partial charge is 0.271 e. The highest BCUT2D eigenvalue weighted by Crippen LogP contribution is 2.24. The number of furan rings is 1. The molecular weight excluding hydrogens is 358 g/mol. The van der Waals surface area contributed by atoms with E-state index in [1.807, 2.05) is 30.3 Å². The summed E-state index contributed by atoms with van der Waals surface area (Å²) in [7, 11) is 0. The zero-order valence-electron chi connectivity index (χ0n) is 11.9. The normalized spacial score (nSPS) is 10.8. The first-order chi connectivity index (χ1) is 11.2. The number of hydrogen-bond acceptors (Lipinski definition) is 4. The maximum absolute atomic E-state index is 11.8. The average Bonchev–Trinajstić information content (AvgIpc) is 3.04. The first-order valence-corrected chi connectivity index (χ1v) is 7.61. The Bertz CT molecular complexity index is 844. The summed E-state index contributed by atoms with van der Waals surface area (Å²) < 4.78 is 6.66. The van der Waals surface area contributed by atoms with Gasteiger partial charge in [0, 0.05) is 28.0 Å². The van der Waals surface area contributed by atoms with E-state index in [2.05, 4.69) is 31.4 Å². The number of amides is 1. The van der Waals surface area contributed by atoms with Crippen LogP contribution in [0.4, 0.5) is 0 Å².